The monoisotopic (exact) mass is 348 g/mol. The van der Waals surface area contributed by atoms with Crippen LogP contribution in [0, 0.1) is 0 Å². The number of aromatic nitrogens is 2. The fourth-order valence-corrected chi connectivity index (χ4v) is 2.59. The highest BCUT2D eigenvalue weighted by molar-refractivity contribution is 5.63. The molecular formula is C21H24N4O. The standard InChI is InChI=1S/C21H24N4O/c1-2-3-13-23-20-19(14-24-21(22)25-20)26-15-16-9-11-18(12-10-16)17-7-5-4-6-8-17/h4-12,14H,2-3,13,15H2,1H3,(H3,22,23,24,25). The van der Waals surface area contributed by atoms with Gasteiger partial charge in [0.15, 0.2) is 11.6 Å². The smallest absolute Gasteiger partial charge is 0.222 e. The fourth-order valence-electron chi connectivity index (χ4n) is 2.59. The van der Waals surface area contributed by atoms with Crippen LogP contribution in [0.2, 0.25) is 0 Å². The third-order valence-electron chi connectivity index (χ3n) is 4.05. The largest absolute Gasteiger partial charge is 0.483 e. The van der Waals surface area contributed by atoms with Crippen molar-refractivity contribution in [1.82, 2.24) is 9.97 Å². The Bertz CT molecular complexity index is 819. The van der Waals surface area contributed by atoms with E-state index in [1.54, 1.807) is 6.20 Å². The van der Waals surface area contributed by atoms with Crippen LogP contribution in [0.4, 0.5) is 11.8 Å². The minimum atomic E-state index is 0.239. The second-order valence-electron chi connectivity index (χ2n) is 6.07. The Hall–Kier alpha value is -3.08. The molecule has 0 radical (unpaired) electrons. The number of ether oxygens (including phenoxy) is 1. The number of hydrogen-bond acceptors (Lipinski definition) is 5. The van der Waals surface area contributed by atoms with Crippen molar-refractivity contribution in [3.8, 4) is 16.9 Å². The normalized spacial score (nSPS) is 10.5. The zero-order chi connectivity index (χ0) is 18.2. The Balaban J connectivity index is 1.65. The van der Waals surface area contributed by atoms with Crippen molar-refractivity contribution in [3.05, 3.63) is 66.4 Å². The van der Waals surface area contributed by atoms with Crippen LogP contribution in [0.5, 0.6) is 5.75 Å². The Morgan fingerprint density at radius 2 is 1.73 bits per heavy atom. The van der Waals surface area contributed by atoms with Crippen LogP contribution in [-0.4, -0.2) is 16.5 Å². The first-order valence-electron chi connectivity index (χ1n) is 8.90. The zero-order valence-electron chi connectivity index (χ0n) is 15.0. The maximum absolute atomic E-state index is 5.91. The van der Waals surface area contributed by atoms with Crippen LogP contribution >= 0.6 is 0 Å². The summed E-state index contributed by atoms with van der Waals surface area (Å²) in [6.45, 7) is 3.42. The van der Waals surface area contributed by atoms with Crippen LogP contribution in [0.25, 0.3) is 11.1 Å². The molecular weight excluding hydrogens is 324 g/mol. The number of nitrogen functional groups attached to an aromatic ring is 1. The van der Waals surface area contributed by atoms with Gasteiger partial charge in [0.25, 0.3) is 0 Å². The quantitative estimate of drug-likeness (QED) is 0.586. The fraction of sp³-hybridized carbons (Fsp3) is 0.238. The first-order chi connectivity index (χ1) is 12.8. The van der Waals surface area contributed by atoms with E-state index in [0.29, 0.717) is 18.2 Å². The third-order valence-corrected chi connectivity index (χ3v) is 4.05. The lowest BCUT2D eigenvalue weighted by atomic mass is 10.0. The van der Waals surface area contributed by atoms with Gasteiger partial charge in [0.05, 0.1) is 6.20 Å². The molecule has 3 aromatic rings. The van der Waals surface area contributed by atoms with Crippen molar-refractivity contribution >= 4 is 11.8 Å². The van der Waals surface area contributed by atoms with E-state index in [9.17, 15) is 0 Å². The van der Waals surface area contributed by atoms with Gasteiger partial charge in [-0.2, -0.15) is 4.98 Å². The lowest BCUT2D eigenvalue weighted by Gasteiger charge is -2.12. The molecule has 0 fully saturated rings. The Labute approximate surface area is 154 Å². The van der Waals surface area contributed by atoms with E-state index in [1.807, 2.05) is 18.2 Å². The van der Waals surface area contributed by atoms with Crippen molar-refractivity contribution in [2.24, 2.45) is 0 Å². The summed E-state index contributed by atoms with van der Waals surface area (Å²) in [7, 11) is 0. The van der Waals surface area contributed by atoms with Crippen LogP contribution in [-0.2, 0) is 6.61 Å². The molecule has 134 valence electrons. The molecule has 0 unspecified atom stereocenters. The maximum Gasteiger partial charge on any atom is 0.222 e. The van der Waals surface area contributed by atoms with Gasteiger partial charge >= 0.3 is 0 Å². The number of hydrogen-bond donors (Lipinski definition) is 2. The summed E-state index contributed by atoms with van der Waals surface area (Å²) in [5.41, 5.74) is 9.17. The molecule has 1 aromatic heterocycles. The van der Waals surface area contributed by atoms with Gasteiger partial charge in [-0.25, -0.2) is 4.98 Å². The van der Waals surface area contributed by atoms with Crippen LogP contribution in [0.3, 0.4) is 0 Å². The molecule has 3 rings (SSSR count). The summed E-state index contributed by atoms with van der Waals surface area (Å²) in [5.74, 6) is 1.50. The molecule has 0 amide bonds. The Morgan fingerprint density at radius 1 is 1.00 bits per heavy atom. The number of unbranched alkanes of at least 4 members (excludes halogenated alkanes) is 1. The van der Waals surface area contributed by atoms with E-state index >= 15 is 0 Å². The number of nitrogens with two attached hydrogens (primary N) is 1. The van der Waals surface area contributed by atoms with Crippen molar-refractivity contribution in [3.63, 3.8) is 0 Å². The Morgan fingerprint density at radius 3 is 2.46 bits per heavy atom. The van der Waals surface area contributed by atoms with Gasteiger partial charge in [-0.05, 0) is 23.1 Å². The predicted octanol–water partition coefficient (Wildman–Crippen LogP) is 4.52. The highest BCUT2D eigenvalue weighted by Gasteiger charge is 2.07. The SMILES string of the molecule is CCCCNc1nc(N)ncc1OCc1ccc(-c2ccccc2)cc1. The van der Waals surface area contributed by atoms with E-state index in [-0.39, 0.29) is 5.95 Å². The number of benzene rings is 2. The molecule has 5 heteroatoms. The Kier molecular flexibility index (Phi) is 6.04. The highest BCUT2D eigenvalue weighted by Crippen LogP contribution is 2.24. The molecule has 0 aliphatic carbocycles. The minimum Gasteiger partial charge on any atom is -0.483 e. The molecule has 5 nitrogen and oxygen atoms in total. The van der Waals surface area contributed by atoms with Crippen LogP contribution in [0.1, 0.15) is 25.3 Å². The van der Waals surface area contributed by atoms with Gasteiger partial charge in [0.1, 0.15) is 6.61 Å². The van der Waals surface area contributed by atoms with Crippen LogP contribution < -0.4 is 15.8 Å². The third kappa shape index (κ3) is 4.72. The molecule has 3 N–H and O–H groups in total. The van der Waals surface area contributed by atoms with Crippen molar-refractivity contribution < 1.29 is 4.74 Å². The first kappa shape index (κ1) is 17.7. The van der Waals surface area contributed by atoms with Gasteiger partial charge < -0.3 is 15.8 Å². The summed E-state index contributed by atoms with van der Waals surface area (Å²) in [4.78, 5) is 8.28. The molecule has 0 aliphatic rings. The second-order valence-corrected chi connectivity index (χ2v) is 6.07. The molecule has 0 atom stereocenters. The average molecular weight is 348 g/mol. The van der Waals surface area contributed by atoms with Gasteiger partial charge in [-0.3, -0.25) is 0 Å². The molecule has 0 aliphatic heterocycles. The molecule has 0 spiro atoms. The molecule has 26 heavy (non-hydrogen) atoms. The maximum atomic E-state index is 5.91. The van der Waals surface area contributed by atoms with Crippen molar-refractivity contribution in [2.45, 2.75) is 26.4 Å². The summed E-state index contributed by atoms with van der Waals surface area (Å²) in [6.07, 6.45) is 3.79. The lowest BCUT2D eigenvalue weighted by molar-refractivity contribution is 0.305. The molecule has 1 heterocycles. The first-order valence-corrected chi connectivity index (χ1v) is 8.90. The summed E-state index contributed by atoms with van der Waals surface area (Å²) in [6, 6.07) is 18.7. The topological polar surface area (TPSA) is 73.1 Å². The van der Waals surface area contributed by atoms with Crippen molar-refractivity contribution in [2.75, 3.05) is 17.6 Å². The minimum absolute atomic E-state index is 0.239. The summed E-state index contributed by atoms with van der Waals surface area (Å²) >= 11 is 0. The van der Waals surface area contributed by atoms with E-state index in [1.165, 1.54) is 11.1 Å². The van der Waals surface area contributed by atoms with E-state index < -0.39 is 0 Å². The molecule has 2 aromatic carbocycles. The number of rotatable bonds is 8. The summed E-state index contributed by atoms with van der Waals surface area (Å²) < 4.78 is 5.91. The predicted molar refractivity (Wildman–Crippen MR) is 106 cm³/mol. The van der Waals surface area contributed by atoms with Gasteiger partial charge in [-0.1, -0.05) is 67.9 Å². The van der Waals surface area contributed by atoms with E-state index in [2.05, 4.69) is 58.6 Å². The summed E-state index contributed by atoms with van der Waals surface area (Å²) in [5, 5.41) is 3.27. The van der Waals surface area contributed by atoms with Crippen molar-refractivity contribution in [1.29, 1.82) is 0 Å². The van der Waals surface area contributed by atoms with E-state index in [4.69, 9.17) is 10.5 Å². The molecule has 0 bridgehead atoms. The van der Waals surface area contributed by atoms with Gasteiger partial charge in [0.2, 0.25) is 5.95 Å². The van der Waals surface area contributed by atoms with Gasteiger partial charge in [0, 0.05) is 6.54 Å². The van der Waals surface area contributed by atoms with Crippen LogP contribution in [0.15, 0.2) is 60.8 Å². The van der Waals surface area contributed by atoms with Gasteiger partial charge in [-0.15, -0.1) is 0 Å². The lowest BCUT2D eigenvalue weighted by Crippen LogP contribution is -2.08. The highest BCUT2D eigenvalue weighted by atomic mass is 16.5. The number of nitrogens with one attached hydrogen (secondary N) is 1. The second kappa shape index (κ2) is 8.85. The number of nitrogens with zero attached hydrogens (tertiary/aromatic N) is 2. The number of anilines is 2. The average Bonchev–Trinajstić information content (AvgIpc) is 2.69. The molecule has 0 saturated carbocycles. The molecule has 0 saturated heterocycles. The van der Waals surface area contributed by atoms with E-state index in [0.717, 1.165) is 24.9 Å². The zero-order valence-corrected chi connectivity index (χ0v) is 15.0.